The van der Waals surface area contributed by atoms with E-state index in [1.165, 1.54) is 0 Å². The summed E-state index contributed by atoms with van der Waals surface area (Å²) in [6.07, 6.45) is -3.93. The van der Waals surface area contributed by atoms with Gasteiger partial charge in [-0.05, 0) is 29.7 Å². The molecule has 0 unspecified atom stereocenters. The van der Waals surface area contributed by atoms with Gasteiger partial charge in [-0.1, -0.05) is 54.6 Å². The lowest BCUT2D eigenvalue weighted by atomic mass is 10.0. The number of hydrogen-bond donors (Lipinski definition) is 1. The van der Waals surface area contributed by atoms with Crippen LogP contribution >= 0.6 is 0 Å². The molecule has 3 rings (SSSR count). The second-order valence-corrected chi connectivity index (χ2v) is 6.66. The summed E-state index contributed by atoms with van der Waals surface area (Å²) in [5.41, 5.74) is 1.29. The van der Waals surface area contributed by atoms with Gasteiger partial charge in [0, 0.05) is 12.3 Å². The highest BCUT2D eigenvalue weighted by atomic mass is 19.4. The molecule has 29 heavy (non-hydrogen) atoms. The summed E-state index contributed by atoms with van der Waals surface area (Å²) in [7, 11) is 0. The quantitative estimate of drug-likeness (QED) is 0.690. The van der Waals surface area contributed by atoms with Crippen molar-refractivity contribution in [1.82, 2.24) is 9.88 Å². The van der Waals surface area contributed by atoms with Crippen molar-refractivity contribution in [3.05, 3.63) is 94.4 Å². The number of rotatable bonds is 5. The summed E-state index contributed by atoms with van der Waals surface area (Å²) < 4.78 is 39.2. The molecule has 0 aliphatic heterocycles. The first-order chi connectivity index (χ1) is 13.7. The first kappa shape index (κ1) is 20.4. The summed E-state index contributed by atoms with van der Waals surface area (Å²) in [4.78, 5) is 24.0. The highest BCUT2D eigenvalue weighted by Crippen LogP contribution is 2.28. The van der Waals surface area contributed by atoms with Crippen LogP contribution in [-0.2, 0) is 17.5 Å². The van der Waals surface area contributed by atoms with Crippen LogP contribution in [0.25, 0.3) is 11.1 Å². The van der Waals surface area contributed by atoms with E-state index in [9.17, 15) is 22.8 Å². The third-order valence-electron chi connectivity index (χ3n) is 4.52. The standard InChI is InChI=1S/C22H19F3N2O2/c1-15(16-7-9-18(10-8-16)17-5-3-2-4-6-17)26-20(28)14-27-13-19(22(23,24)25)11-12-21(27)29/h2-13,15H,14H2,1H3,(H,26,28)/t15-/m0/s1. The number of amides is 1. The van der Waals surface area contributed by atoms with E-state index < -0.39 is 29.8 Å². The van der Waals surface area contributed by atoms with Crippen LogP contribution in [0.5, 0.6) is 0 Å². The first-order valence-electron chi connectivity index (χ1n) is 8.96. The Bertz CT molecular complexity index is 1040. The monoisotopic (exact) mass is 400 g/mol. The molecule has 1 aromatic heterocycles. The zero-order chi connectivity index (χ0) is 21.0. The summed E-state index contributed by atoms with van der Waals surface area (Å²) in [5.74, 6) is -0.550. The number of carbonyl (C=O) groups excluding carboxylic acids is 1. The van der Waals surface area contributed by atoms with E-state index in [1.54, 1.807) is 6.92 Å². The summed E-state index contributed by atoms with van der Waals surface area (Å²) in [5, 5.41) is 2.71. The minimum Gasteiger partial charge on any atom is -0.348 e. The van der Waals surface area contributed by atoms with E-state index in [0.29, 0.717) is 12.3 Å². The van der Waals surface area contributed by atoms with Gasteiger partial charge < -0.3 is 9.88 Å². The Morgan fingerprint density at radius 3 is 2.21 bits per heavy atom. The second-order valence-electron chi connectivity index (χ2n) is 6.66. The number of carbonyl (C=O) groups is 1. The molecule has 0 fully saturated rings. The number of aromatic nitrogens is 1. The fourth-order valence-corrected chi connectivity index (χ4v) is 2.94. The Balaban J connectivity index is 1.67. The Morgan fingerprint density at radius 1 is 0.966 bits per heavy atom. The Kier molecular flexibility index (Phi) is 5.87. The van der Waals surface area contributed by atoms with Gasteiger partial charge in [0.05, 0.1) is 11.6 Å². The maximum atomic E-state index is 12.8. The molecule has 0 saturated carbocycles. The normalized spacial score (nSPS) is 12.4. The molecule has 0 radical (unpaired) electrons. The zero-order valence-electron chi connectivity index (χ0n) is 15.6. The second kappa shape index (κ2) is 8.34. The van der Waals surface area contributed by atoms with Gasteiger partial charge in [-0.3, -0.25) is 9.59 Å². The van der Waals surface area contributed by atoms with Gasteiger partial charge in [0.1, 0.15) is 6.54 Å². The van der Waals surface area contributed by atoms with Crippen molar-refractivity contribution < 1.29 is 18.0 Å². The number of nitrogens with zero attached hydrogens (tertiary/aromatic N) is 1. The molecular formula is C22H19F3N2O2. The topological polar surface area (TPSA) is 51.1 Å². The predicted molar refractivity (Wildman–Crippen MR) is 104 cm³/mol. The molecule has 0 spiro atoms. The smallest absolute Gasteiger partial charge is 0.348 e. The predicted octanol–water partition coefficient (Wildman–Crippen LogP) is 4.41. The van der Waals surface area contributed by atoms with Gasteiger partial charge in [-0.15, -0.1) is 0 Å². The van der Waals surface area contributed by atoms with Crippen molar-refractivity contribution >= 4 is 5.91 Å². The maximum Gasteiger partial charge on any atom is 0.417 e. The fraction of sp³-hybridized carbons (Fsp3) is 0.182. The van der Waals surface area contributed by atoms with Crippen LogP contribution in [0.3, 0.4) is 0 Å². The van der Waals surface area contributed by atoms with Crippen LogP contribution in [0.15, 0.2) is 77.7 Å². The molecule has 1 atom stereocenters. The SMILES string of the molecule is C[C@H](NC(=O)Cn1cc(C(F)(F)F)ccc1=O)c1ccc(-c2ccccc2)cc1. The maximum absolute atomic E-state index is 12.8. The summed E-state index contributed by atoms with van der Waals surface area (Å²) in [6, 6.07) is 18.6. The number of benzene rings is 2. The van der Waals surface area contributed by atoms with Crippen molar-refractivity contribution in [2.75, 3.05) is 0 Å². The zero-order valence-corrected chi connectivity index (χ0v) is 15.6. The van der Waals surface area contributed by atoms with Gasteiger partial charge >= 0.3 is 6.18 Å². The van der Waals surface area contributed by atoms with Crippen LogP contribution in [0, 0.1) is 0 Å². The van der Waals surface area contributed by atoms with Crippen LogP contribution in [-0.4, -0.2) is 10.5 Å². The van der Waals surface area contributed by atoms with Crippen LogP contribution < -0.4 is 10.9 Å². The Morgan fingerprint density at radius 2 is 1.59 bits per heavy atom. The number of hydrogen-bond acceptors (Lipinski definition) is 2. The molecule has 2 aromatic carbocycles. The number of halogens is 3. The highest BCUT2D eigenvalue weighted by Gasteiger charge is 2.31. The van der Waals surface area contributed by atoms with Crippen LogP contribution in [0.2, 0.25) is 0 Å². The lowest BCUT2D eigenvalue weighted by Gasteiger charge is -2.16. The van der Waals surface area contributed by atoms with E-state index in [-0.39, 0.29) is 6.04 Å². The molecule has 1 N–H and O–H groups in total. The van der Waals surface area contributed by atoms with Gasteiger partial charge in [0.2, 0.25) is 5.91 Å². The molecule has 150 valence electrons. The molecule has 1 heterocycles. The van der Waals surface area contributed by atoms with Gasteiger partial charge in [-0.2, -0.15) is 13.2 Å². The van der Waals surface area contributed by atoms with E-state index in [4.69, 9.17) is 0 Å². The summed E-state index contributed by atoms with van der Waals surface area (Å²) in [6.45, 7) is 1.28. The van der Waals surface area contributed by atoms with E-state index in [1.807, 2.05) is 54.6 Å². The number of pyridine rings is 1. The third kappa shape index (κ3) is 5.13. The third-order valence-corrected chi connectivity index (χ3v) is 4.52. The molecule has 7 heteroatoms. The fourth-order valence-electron chi connectivity index (χ4n) is 2.94. The molecule has 0 aliphatic carbocycles. The Hall–Kier alpha value is -3.35. The molecule has 0 aliphatic rings. The number of alkyl halides is 3. The van der Waals surface area contributed by atoms with E-state index >= 15 is 0 Å². The number of nitrogens with one attached hydrogen (secondary N) is 1. The molecule has 3 aromatic rings. The van der Waals surface area contributed by atoms with Crippen molar-refractivity contribution in [3.8, 4) is 11.1 Å². The molecular weight excluding hydrogens is 381 g/mol. The molecule has 0 bridgehead atoms. The van der Waals surface area contributed by atoms with Crippen LogP contribution in [0.4, 0.5) is 13.2 Å². The van der Waals surface area contributed by atoms with Crippen molar-refractivity contribution in [3.63, 3.8) is 0 Å². The van der Waals surface area contributed by atoms with Gasteiger partial charge in [0.15, 0.2) is 0 Å². The van der Waals surface area contributed by atoms with Crippen LogP contribution in [0.1, 0.15) is 24.1 Å². The van der Waals surface area contributed by atoms with Crippen molar-refractivity contribution in [2.45, 2.75) is 25.7 Å². The van der Waals surface area contributed by atoms with E-state index in [2.05, 4.69) is 5.32 Å². The lowest BCUT2D eigenvalue weighted by Crippen LogP contribution is -2.34. The summed E-state index contributed by atoms with van der Waals surface area (Å²) >= 11 is 0. The van der Waals surface area contributed by atoms with Gasteiger partial charge in [0.25, 0.3) is 5.56 Å². The lowest BCUT2D eigenvalue weighted by molar-refractivity contribution is -0.138. The van der Waals surface area contributed by atoms with Crippen molar-refractivity contribution in [2.24, 2.45) is 0 Å². The first-order valence-corrected chi connectivity index (χ1v) is 8.96. The molecule has 0 saturated heterocycles. The highest BCUT2D eigenvalue weighted by molar-refractivity contribution is 5.76. The molecule has 1 amide bonds. The average Bonchev–Trinajstić information content (AvgIpc) is 2.69. The Labute approximate surface area is 165 Å². The van der Waals surface area contributed by atoms with Crippen molar-refractivity contribution in [1.29, 1.82) is 0 Å². The molecule has 4 nitrogen and oxygen atoms in total. The largest absolute Gasteiger partial charge is 0.417 e. The minimum absolute atomic E-state index is 0.367. The van der Waals surface area contributed by atoms with Gasteiger partial charge in [-0.25, -0.2) is 0 Å². The van der Waals surface area contributed by atoms with E-state index in [0.717, 1.165) is 27.3 Å². The minimum atomic E-state index is -4.58. The average molecular weight is 400 g/mol.